The summed E-state index contributed by atoms with van der Waals surface area (Å²) >= 11 is 4.82. The summed E-state index contributed by atoms with van der Waals surface area (Å²) in [4.78, 5) is 12.0. The third-order valence-electron chi connectivity index (χ3n) is 2.59. The number of rotatable bonds is 7. The molecule has 94 valence electrons. The lowest BCUT2D eigenvalue weighted by atomic mass is 10.2. The van der Waals surface area contributed by atoms with Crippen molar-refractivity contribution in [2.24, 2.45) is 5.73 Å². The van der Waals surface area contributed by atoms with E-state index >= 15 is 0 Å². The highest BCUT2D eigenvalue weighted by Crippen LogP contribution is 2.01. The molecule has 1 aromatic rings. The Morgan fingerprint density at radius 2 is 2.06 bits per heavy atom. The molecule has 0 aliphatic carbocycles. The number of hydrogen-bond donors (Lipinski definition) is 2. The maximum absolute atomic E-state index is 11.9. The standard InChI is InChI=1S/C12H18N2O2S/c13-11(17)10-6-5-8-14(12(10)16)7-3-1-2-4-9-15/h5-6,8,15H,1-4,7,9H2,(H2,13,17). The Morgan fingerprint density at radius 1 is 1.35 bits per heavy atom. The number of aromatic nitrogens is 1. The van der Waals surface area contributed by atoms with Crippen LogP contribution in [0.4, 0.5) is 0 Å². The molecule has 0 aliphatic rings. The first-order valence-electron chi connectivity index (χ1n) is 5.77. The third kappa shape index (κ3) is 4.28. The number of hydrogen-bond acceptors (Lipinski definition) is 3. The quantitative estimate of drug-likeness (QED) is 0.563. The van der Waals surface area contributed by atoms with Crippen LogP contribution in [0.2, 0.25) is 0 Å². The summed E-state index contributed by atoms with van der Waals surface area (Å²) in [5.74, 6) is 0. The summed E-state index contributed by atoms with van der Waals surface area (Å²) < 4.78 is 1.63. The minimum absolute atomic E-state index is 0.123. The second-order valence-corrected chi connectivity index (χ2v) is 4.36. The normalized spacial score (nSPS) is 10.4. The minimum atomic E-state index is -0.123. The van der Waals surface area contributed by atoms with Crippen LogP contribution in [-0.2, 0) is 6.54 Å². The summed E-state index contributed by atoms with van der Waals surface area (Å²) in [6.45, 7) is 0.900. The van der Waals surface area contributed by atoms with Gasteiger partial charge in [-0.2, -0.15) is 0 Å². The van der Waals surface area contributed by atoms with Crippen molar-refractivity contribution < 1.29 is 5.11 Å². The van der Waals surface area contributed by atoms with Crippen LogP contribution in [0.1, 0.15) is 31.2 Å². The third-order valence-corrected chi connectivity index (χ3v) is 2.81. The lowest BCUT2D eigenvalue weighted by Gasteiger charge is -2.07. The second kappa shape index (κ2) is 7.19. The highest BCUT2D eigenvalue weighted by molar-refractivity contribution is 7.80. The zero-order valence-electron chi connectivity index (χ0n) is 9.76. The first kappa shape index (κ1) is 13.9. The molecule has 0 spiro atoms. The monoisotopic (exact) mass is 254 g/mol. The molecule has 1 heterocycles. The Labute approximate surface area is 106 Å². The first-order valence-corrected chi connectivity index (χ1v) is 6.17. The number of nitrogens with two attached hydrogens (primary N) is 1. The molecule has 1 aromatic heterocycles. The Kier molecular flexibility index (Phi) is 5.86. The van der Waals surface area contributed by atoms with Crippen molar-refractivity contribution in [1.29, 1.82) is 0 Å². The van der Waals surface area contributed by atoms with E-state index in [1.165, 1.54) is 0 Å². The van der Waals surface area contributed by atoms with E-state index in [4.69, 9.17) is 23.1 Å². The Balaban J connectivity index is 2.57. The molecule has 5 heteroatoms. The van der Waals surface area contributed by atoms with Gasteiger partial charge in [0.25, 0.3) is 5.56 Å². The van der Waals surface area contributed by atoms with Crippen LogP contribution >= 0.6 is 12.2 Å². The summed E-state index contributed by atoms with van der Waals surface area (Å²) in [6.07, 6.45) is 5.48. The number of aliphatic hydroxyl groups is 1. The SMILES string of the molecule is NC(=S)c1cccn(CCCCCCO)c1=O. The molecule has 0 radical (unpaired) electrons. The van der Waals surface area contributed by atoms with Crippen LogP contribution in [0.25, 0.3) is 0 Å². The summed E-state index contributed by atoms with van der Waals surface area (Å²) in [5, 5.41) is 8.64. The molecule has 0 saturated heterocycles. The predicted molar refractivity (Wildman–Crippen MR) is 72.1 cm³/mol. The van der Waals surface area contributed by atoms with Crippen LogP contribution in [0, 0.1) is 0 Å². The van der Waals surface area contributed by atoms with Gasteiger partial charge in [-0.3, -0.25) is 4.79 Å². The number of aliphatic hydroxyl groups excluding tert-OH is 1. The van der Waals surface area contributed by atoms with Gasteiger partial charge in [-0.05, 0) is 25.0 Å². The Hall–Kier alpha value is -1.20. The molecule has 0 unspecified atom stereocenters. The molecule has 0 aliphatic heterocycles. The van der Waals surface area contributed by atoms with Crippen LogP contribution in [0.3, 0.4) is 0 Å². The summed E-state index contributed by atoms with van der Waals surface area (Å²) in [7, 11) is 0. The molecule has 0 bridgehead atoms. The van der Waals surface area contributed by atoms with E-state index in [0.717, 1.165) is 25.7 Å². The van der Waals surface area contributed by atoms with Gasteiger partial charge in [0.2, 0.25) is 0 Å². The highest BCUT2D eigenvalue weighted by atomic mass is 32.1. The zero-order chi connectivity index (χ0) is 12.7. The van der Waals surface area contributed by atoms with Crippen molar-refractivity contribution in [2.75, 3.05) is 6.61 Å². The molecule has 0 amide bonds. The smallest absolute Gasteiger partial charge is 0.260 e. The molecule has 1 rings (SSSR count). The fourth-order valence-electron chi connectivity index (χ4n) is 1.65. The topological polar surface area (TPSA) is 68.2 Å². The molecule has 0 aromatic carbocycles. The molecule has 3 N–H and O–H groups in total. The van der Waals surface area contributed by atoms with E-state index in [0.29, 0.717) is 12.1 Å². The van der Waals surface area contributed by atoms with Gasteiger partial charge in [0.05, 0.1) is 5.56 Å². The van der Waals surface area contributed by atoms with Gasteiger partial charge in [0.1, 0.15) is 4.99 Å². The van der Waals surface area contributed by atoms with Crippen LogP contribution in [-0.4, -0.2) is 21.3 Å². The predicted octanol–water partition coefficient (Wildman–Crippen LogP) is 1.04. The van der Waals surface area contributed by atoms with Crippen molar-refractivity contribution >= 4 is 17.2 Å². The Morgan fingerprint density at radius 3 is 2.71 bits per heavy atom. The maximum atomic E-state index is 11.9. The lowest BCUT2D eigenvalue weighted by molar-refractivity contribution is 0.282. The van der Waals surface area contributed by atoms with E-state index in [9.17, 15) is 4.79 Å². The van der Waals surface area contributed by atoms with Gasteiger partial charge in [-0.1, -0.05) is 25.1 Å². The average Bonchev–Trinajstić information content (AvgIpc) is 2.30. The van der Waals surface area contributed by atoms with Crippen LogP contribution < -0.4 is 11.3 Å². The molecule has 17 heavy (non-hydrogen) atoms. The van der Waals surface area contributed by atoms with Gasteiger partial charge >= 0.3 is 0 Å². The van der Waals surface area contributed by atoms with Crippen molar-refractivity contribution in [3.8, 4) is 0 Å². The van der Waals surface area contributed by atoms with Gasteiger partial charge in [0.15, 0.2) is 0 Å². The highest BCUT2D eigenvalue weighted by Gasteiger charge is 2.04. The fraction of sp³-hybridized carbons (Fsp3) is 0.500. The van der Waals surface area contributed by atoms with Crippen molar-refractivity contribution in [3.05, 3.63) is 34.2 Å². The average molecular weight is 254 g/mol. The van der Waals surface area contributed by atoms with E-state index in [1.54, 1.807) is 22.9 Å². The number of unbranched alkanes of at least 4 members (excludes halogenated alkanes) is 3. The first-order chi connectivity index (χ1) is 8.16. The molecule has 4 nitrogen and oxygen atoms in total. The van der Waals surface area contributed by atoms with E-state index in [1.807, 2.05) is 0 Å². The molecular weight excluding hydrogens is 236 g/mol. The van der Waals surface area contributed by atoms with E-state index in [2.05, 4.69) is 0 Å². The lowest BCUT2D eigenvalue weighted by Crippen LogP contribution is -2.28. The van der Waals surface area contributed by atoms with Gasteiger partial charge in [-0.15, -0.1) is 0 Å². The molecule has 0 fully saturated rings. The van der Waals surface area contributed by atoms with Crippen molar-refractivity contribution in [1.82, 2.24) is 4.57 Å². The minimum Gasteiger partial charge on any atom is -0.396 e. The number of pyridine rings is 1. The van der Waals surface area contributed by atoms with Gasteiger partial charge < -0.3 is 15.4 Å². The zero-order valence-corrected chi connectivity index (χ0v) is 10.6. The van der Waals surface area contributed by atoms with Crippen molar-refractivity contribution in [2.45, 2.75) is 32.2 Å². The van der Waals surface area contributed by atoms with Gasteiger partial charge in [0, 0.05) is 19.3 Å². The van der Waals surface area contributed by atoms with Crippen molar-refractivity contribution in [3.63, 3.8) is 0 Å². The second-order valence-electron chi connectivity index (χ2n) is 3.92. The van der Waals surface area contributed by atoms with Gasteiger partial charge in [-0.25, -0.2) is 0 Å². The molecule has 0 saturated carbocycles. The summed E-state index contributed by atoms with van der Waals surface area (Å²) in [6, 6.07) is 3.43. The molecule has 0 atom stereocenters. The van der Waals surface area contributed by atoms with E-state index < -0.39 is 0 Å². The Bertz CT molecular complexity index is 429. The number of aryl methyl sites for hydroxylation is 1. The molecular formula is C12H18N2O2S. The number of nitrogens with zero attached hydrogens (tertiary/aromatic N) is 1. The van der Waals surface area contributed by atoms with E-state index in [-0.39, 0.29) is 17.2 Å². The maximum Gasteiger partial charge on any atom is 0.260 e. The van der Waals surface area contributed by atoms with Crippen LogP contribution in [0.5, 0.6) is 0 Å². The largest absolute Gasteiger partial charge is 0.396 e. The number of thiocarbonyl (C=S) groups is 1. The fourth-order valence-corrected chi connectivity index (χ4v) is 1.80. The van der Waals surface area contributed by atoms with Crippen LogP contribution in [0.15, 0.2) is 23.1 Å². The summed E-state index contributed by atoms with van der Waals surface area (Å²) in [5.41, 5.74) is 5.75.